The molecule has 0 unspecified atom stereocenters. The third kappa shape index (κ3) is 12.1. The van der Waals surface area contributed by atoms with Crippen LogP contribution in [0.4, 0.5) is 0 Å². The van der Waals surface area contributed by atoms with Crippen molar-refractivity contribution in [2.75, 3.05) is 26.1 Å². The van der Waals surface area contributed by atoms with Crippen LogP contribution in [0.2, 0.25) is 0 Å². The van der Waals surface area contributed by atoms with Gasteiger partial charge in [-0.2, -0.15) is 0 Å². The Morgan fingerprint density at radius 3 is 2.40 bits per heavy atom. The van der Waals surface area contributed by atoms with Gasteiger partial charge in [0.2, 0.25) is 4.38 Å². The van der Waals surface area contributed by atoms with Crippen LogP contribution < -0.4 is 0 Å². The lowest BCUT2D eigenvalue weighted by Crippen LogP contribution is -2.00. The zero-order valence-corrected chi connectivity index (χ0v) is 11.4. The van der Waals surface area contributed by atoms with Gasteiger partial charge in [-0.05, 0) is 44.2 Å². The van der Waals surface area contributed by atoms with E-state index in [4.69, 9.17) is 21.7 Å². The van der Waals surface area contributed by atoms with Crippen LogP contribution >= 0.6 is 24.0 Å². The standard InChI is InChI=1S/C11H22O2S2/c1-3-4-8-12-9-6-5-7-10-13-11(14)15-2/h3-10H2,1-2H3. The van der Waals surface area contributed by atoms with Gasteiger partial charge in [-0.3, -0.25) is 0 Å². The second-order valence-corrected chi connectivity index (χ2v) is 4.74. The minimum atomic E-state index is 0.647. The van der Waals surface area contributed by atoms with Gasteiger partial charge in [0.15, 0.2) is 0 Å². The molecule has 0 saturated carbocycles. The van der Waals surface area contributed by atoms with Crippen molar-refractivity contribution in [2.45, 2.75) is 39.0 Å². The summed E-state index contributed by atoms with van der Waals surface area (Å²) in [5.74, 6) is 0. The van der Waals surface area contributed by atoms with Gasteiger partial charge < -0.3 is 9.47 Å². The molecule has 0 heterocycles. The van der Waals surface area contributed by atoms with E-state index in [9.17, 15) is 0 Å². The summed E-state index contributed by atoms with van der Waals surface area (Å²) in [4.78, 5) is 0. The van der Waals surface area contributed by atoms with Crippen molar-refractivity contribution < 1.29 is 9.47 Å². The average molecular weight is 250 g/mol. The molecular weight excluding hydrogens is 228 g/mol. The van der Waals surface area contributed by atoms with E-state index in [0.717, 1.165) is 39.1 Å². The normalized spacial score (nSPS) is 10.3. The van der Waals surface area contributed by atoms with Crippen molar-refractivity contribution in [1.29, 1.82) is 0 Å². The highest BCUT2D eigenvalue weighted by molar-refractivity contribution is 8.22. The molecule has 0 bridgehead atoms. The predicted molar refractivity (Wildman–Crippen MR) is 71.6 cm³/mol. The van der Waals surface area contributed by atoms with Crippen LogP contribution in [-0.2, 0) is 9.47 Å². The number of hydrogen-bond acceptors (Lipinski definition) is 4. The number of rotatable bonds is 9. The summed E-state index contributed by atoms with van der Waals surface area (Å²) in [7, 11) is 0. The van der Waals surface area contributed by atoms with Crippen molar-refractivity contribution >= 4 is 28.4 Å². The molecule has 0 aromatic rings. The first-order valence-corrected chi connectivity index (χ1v) is 7.23. The van der Waals surface area contributed by atoms with E-state index in [1.807, 2.05) is 6.26 Å². The van der Waals surface area contributed by atoms with Crippen molar-refractivity contribution in [1.82, 2.24) is 0 Å². The highest BCUT2D eigenvalue weighted by Gasteiger charge is 1.94. The fourth-order valence-corrected chi connectivity index (χ4v) is 1.33. The fourth-order valence-electron chi connectivity index (χ4n) is 1.05. The molecule has 0 radical (unpaired) electrons. The summed E-state index contributed by atoms with van der Waals surface area (Å²) >= 11 is 6.41. The van der Waals surface area contributed by atoms with Crippen LogP contribution in [0.5, 0.6) is 0 Å². The van der Waals surface area contributed by atoms with E-state index < -0.39 is 0 Å². The van der Waals surface area contributed by atoms with Gasteiger partial charge in [0.25, 0.3) is 0 Å². The quantitative estimate of drug-likeness (QED) is 0.459. The van der Waals surface area contributed by atoms with E-state index in [0.29, 0.717) is 4.38 Å². The molecule has 0 atom stereocenters. The minimum Gasteiger partial charge on any atom is -0.479 e. The summed E-state index contributed by atoms with van der Waals surface area (Å²) in [6, 6.07) is 0. The molecule has 0 amide bonds. The first-order chi connectivity index (χ1) is 7.31. The molecule has 0 aliphatic carbocycles. The second kappa shape index (κ2) is 12.3. The molecule has 15 heavy (non-hydrogen) atoms. The number of thiocarbonyl (C=S) groups is 1. The van der Waals surface area contributed by atoms with Crippen molar-refractivity contribution in [2.24, 2.45) is 0 Å². The minimum absolute atomic E-state index is 0.647. The topological polar surface area (TPSA) is 18.5 Å². The third-order valence-electron chi connectivity index (χ3n) is 1.96. The average Bonchev–Trinajstić information content (AvgIpc) is 2.26. The zero-order chi connectivity index (χ0) is 11.4. The molecule has 90 valence electrons. The van der Waals surface area contributed by atoms with Gasteiger partial charge >= 0.3 is 0 Å². The lowest BCUT2D eigenvalue weighted by Gasteiger charge is -2.05. The Balaban J connectivity index is 2.95. The molecule has 2 nitrogen and oxygen atoms in total. The summed E-state index contributed by atoms with van der Waals surface area (Å²) < 4.78 is 11.4. The number of unbranched alkanes of at least 4 members (excludes halogenated alkanes) is 3. The molecule has 0 aromatic heterocycles. The lowest BCUT2D eigenvalue weighted by atomic mass is 10.2. The zero-order valence-electron chi connectivity index (χ0n) is 9.79. The maximum absolute atomic E-state index is 5.45. The Morgan fingerprint density at radius 2 is 1.73 bits per heavy atom. The van der Waals surface area contributed by atoms with E-state index in [1.165, 1.54) is 24.6 Å². The third-order valence-corrected chi connectivity index (χ3v) is 3.03. The molecule has 0 aromatic carbocycles. The molecule has 0 aliphatic heterocycles. The van der Waals surface area contributed by atoms with Gasteiger partial charge in [-0.25, -0.2) is 0 Å². The lowest BCUT2D eigenvalue weighted by molar-refractivity contribution is 0.126. The Hall–Kier alpha value is 0.200. The molecule has 0 saturated heterocycles. The Bertz CT molecular complexity index is 152. The molecule has 0 aliphatic rings. The van der Waals surface area contributed by atoms with Crippen LogP contribution in [-0.4, -0.2) is 30.5 Å². The monoisotopic (exact) mass is 250 g/mol. The van der Waals surface area contributed by atoms with Crippen LogP contribution in [0.15, 0.2) is 0 Å². The second-order valence-electron chi connectivity index (χ2n) is 3.33. The largest absolute Gasteiger partial charge is 0.479 e. The Labute approximate surface area is 103 Å². The molecule has 0 fully saturated rings. The Morgan fingerprint density at radius 1 is 1.07 bits per heavy atom. The van der Waals surface area contributed by atoms with Crippen molar-refractivity contribution in [3.05, 3.63) is 0 Å². The summed E-state index contributed by atoms with van der Waals surface area (Å²) in [6.07, 6.45) is 7.66. The molecule has 0 rings (SSSR count). The summed E-state index contributed by atoms with van der Waals surface area (Å²) in [5.41, 5.74) is 0. The molecule has 0 spiro atoms. The van der Waals surface area contributed by atoms with Crippen molar-refractivity contribution in [3.8, 4) is 0 Å². The van der Waals surface area contributed by atoms with Gasteiger partial charge in [0.05, 0.1) is 6.61 Å². The van der Waals surface area contributed by atoms with Crippen LogP contribution in [0.3, 0.4) is 0 Å². The highest BCUT2D eigenvalue weighted by Crippen LogP contribution is 2.03. The van der Waals surface area contributed by atoms with Crippen LogP contribution in [0.1, 0.15) is 39.0 Å². The molecular formula is C11H22O2S2. The maximum Gasteiger partial charge on any atom is 0.219 e. The van der Waals surface area contributed by atoms with Gasteiger partial charge in [-0.15, -0.1) is 0 Å². The van der Waals surface area contributed by atoms with E-state index in [-0.39, 0.29) is 0 Å². The van der Waals surface area contributed by atoms with E-state index in [1.54, 1.807) is 0 Å². The molecule has 0 N–H and O–H groups in total. The SMILES string of the molecule is CCCCOCCCCCOC(=S)SC. The number of thioether (sulfide) groups is 1. The van der Waals surface area contributed by atoms with Crippen LogP contribution in [0, 0.1) is 0 Å². The Kier molecular flexibility index (Phi) is 12.4. The first-order valence-electron chi connectivity index (χ1n) is 5.59. The number of hydrogen-bond donors (Lipinski definition) is 0. The first kappa shape index (κ1) is 15.2. The fraction of sp³-hybridized carbons (Fsp3) is 0.909. The van der Waals surface area contributed by atoms with Gasteiger partial charge in [0, 0.05) is 13.2 Å². The summed E-state index contributed by atoms with van der Waals surface area (Å²) in [5, 5.41) is 0. The molecule has 4 heteroatoms. The highest BCUT2D eigenvalue weighted by atomic mass is 32.2. The van der Waals surface area contributed by atoms with E-state index in [2.05, 4.69) is 6.92 Å². The van der Waals surface area contributed by atoms with Crippen molar-refractivity contribution in [3.63, 3.8) is 0 Å². The van der Waals surface area contributed by atoms with Gasteiger partial charge in [-0.1, -0.05) is 25.1 Å². The smallest absolute Gasteiger partial charge is 0.219 e. The predicted octanol–water partition coefficient (Wildman–Crippen LogP) is 3.64. The number of ether oxygens (including phenoxy) is 2. The maximum atomic E-state index is 5.45. The van der Waals surface area contributed by atoms with E-state index >= 15 is 0 Å². The van der Waals surface area contributed by atoms with Crippen LogP contribution in [0.25, 0.3) is 0 Å². The van der Waals surface area contributed by atoms with Gasteiger partial charge in [0.1, 0.15) is 0 Å². The summed E-state index contributed by atoms with van der Waals surface area (Å²) in [6.45, 7) is 4.71.